The fourth-order valence-electron chi connectivity index (χ4n) is 1.72. The average molecular weight is 399 g/mol. The third-order valence-electron chi connectivity index (χ3n) is 2.99. The van der Waals surface area contributed by atoms with Gasteiger partial charge >= 0.3 is 5.69 Å². The number of halogens is 1. The Labute approximate surface area is 136 Å². The highest BCUT2D eigenvalue weighted by molar-refractivity contribution is 14.1. The summed E-state index contributed by atoms with van der Waals surface area (Å²) in [6.45, 7) is 4.75. The maximum absolute atomic E-state index is 11.1. The van der Waals surface area contributed by atoms with Crippen LogP contribution in [-0.4, -0.2) is 24.1 Å². The van der Waals surface area contributed by atoms with Crippen LogP contribution in [0.15, 0.2) is 24.3 Å². The molecule has 1 aliphatic rings. The van der Waals surface area contributed by atoms with Crippen LogP contribution < -0.4 is 10.1 Å². The number of nitrogens with one attached hydrogen (secondary N) is 1. The van der Waals surface area contributed by atoms with E-state index in [0.717, 1.165) is 5.57 Å². The summed E-state index contributed by atoms with van der Waals surface area (Å²) in [6.07, 6.45) is 2.38. The highest BCUT2D eigenvalue weighted by atomic mass is 127. The van der Waals surface area contributed by atoms with Crippen LogP contribution in [0, 0.1) is 25.0 Å². The van der Waals surface area contributed by atoms with Gasteiger partial charge in [0.1, 0.15) is 6.61 Å². The van der Waals surface area contributed by atoms with Crippen molar-refractivity contribution in [2.75, 3.05) is 13.2 Å². The van der Waals surface area contributed by atoms with Crippen molar-refractivity contribution in [3.8, 4) is 11.8 Å². The summed E-state index contributed by atoms with van der Waals surface area (Å²) in [6, 6.07) is 5.27. The molecular formula is C14H14IN3O3. The predicted molar refractivity (Wildman–Crippen MR) is 86.2 cm³/mol. The lowest BCUT2D eigenvalue weighted by Crippen LogP contribution is -2.21. The normalized spacial score (nSPS) is 13.5. The SMILES string of the molecule is C=C(CNC1CC1)COc1c(I)cc(C#N)cc1[N+](=O)[O-]. The molecule has 110 valence electrons. The van der Waals surface area contributed by atoms with Gasteiger partial charge in [0.15, 0.2) is 0 Å². The molecule has 0 unspecified atom stereocenters. The van der Waals surface area contributed by atoms with Gasteiger partial charge in [0.25, 0.3) is 0 Å². The fraction of sp³-hybridized carbons (Fsp3) is 0.357. The molecule has 2 rings (SSSR count). The molecule has 0 amide bonds. The molecule has 0 spiro atoms. The molecule has 1 fully saturated rings. The van der Waals surface area contributed by atoms with Crippen LogP contribution in [0.2, 0.25) is 0 Å². The minimum absolute atomic E-state index is 0.187. The van der Waals surface area contributed by atoms with Gasteiger partial charge in [0, 0.05) is 18.7 Å². The predicted octanol–water partition coefficient (Wildman–Crippen LogP) is 2.76. The second-order valence-corrected chi connectivity index (χ2v) is 6.03. The van der Waals surface area contributed by atoms with Gasteiger partial charge in [-0.05, 0) is 47.1 Å². The summed E-state index contributed by atoms with van der Waals surface area (Å²) < 4.78 is 6.09. The molecule has 7 heteroatoms. The molecule has 1 saturated carbocycles. The van der Waals surface area contributed by atoms with E-state index in [-0.39, 0.29) is 23.6 Å². The number of hydrogen-bond acceptors (Lipinski definition) is 5. The minimum Gasteiger partial charge on any atom is -0.482 e. The van der Waals surface area contributed by atoms with E-state index in [1.165, 1.54) is 18.9 Å². The van der Waals surface area contributed by atoms with Crippen LogP contribution in [0.3, 0.4) is 0 Å². The molecule has 0 saturated heterocycles. The molecule has 21 heavy (non-hydrogen) atoms. The van der Waals surface area contributed by atoms with Crippen molar-refractivity contribution in [2.24, 2.45) is 0 Å². The first-order valence-electron chi connectivity index (χ1n) is 6.42. The summed E-state index contributed by atoms with van der Waals surface area (Å²) in [7, 11) is 0. The maximum Gasteiger partial charge on any atom is 0.313 e. The van der Waals surface area contributed by atoms with E-state index in [2.05, 4.69) is 11.9 Å². The Bertz CT molecular complexity index is 621. The Balaban J connectivity index is 2.05. The Morgan fingerprint density at radius 2 is 2.33 bits per heavy atom. The lowest BCUT2D eigenvalue weighted by atomic mass is 10.2. The molecule has 0 aromatic heterocycles. The monoisotopic (exact) mass is 399 g/mol. The van der Waals surface area contributed by atoms with Crippen LogP contribution in [0.5, 0.6) is 5.75 Å². The third kappa shape index (κ3) is 4.41. The van der Waals surface area contributed by atoms with Gasteiger partial charge in [-0.2, -0.15) is 5.26 Å². The van der Waals surface area contributed by atoms with E-state index in [9.17, 15) is 10.1 Å². The molecule has 1 aliphatic carbocycles. The number of rotatable bonds is 7. The number of nitrogens with zero attached hydrogens (tertiary/aromatic N) is 2. The molecule has 1 aromatic carbocycles. The number of hydrogen-bond donors (Lipinski definition) is 1. The van der Waals surface area contributed by atoms with Crippen molar-refractivity contribution in [3.63, 3.8) is 0 Å². The highest BCUT2D eigenvalue weighted by Gasteiger charge is 2.22. The van der Waals surface area contributed by atoms with Crippen LogP contribution in [0.25, 0.3) is 0 Å². The molecule has 0 aliphatic heterocycles. The summed E-state index contributed by atoms with van der Waals surface area (Å²) in [5.74, 6) is 0.187. The molecule has 0 bridgehead atoms. The van der Waals surface area contributed by atoms with Crippen LogP contribution in [0.1, 0.15) is 18.4 Å². The van der Waals surface area contributed by atoms with Gasteiger partial charge in [0.2, 0.25) is 5.75 Å². The van der Waals surface area contributed by atoms with Crippen molar-refractivity contribution < 1.29 is 9.66 Å². The van der Waals surface area contributed by atoms with Crippen molar-refractivity contribution in [3.05, 3.63) is 43.5 Å². The van der Waals surface area contributed by atoms with Crippen LogP contribution in [-0.2, 0) is 0 Å². The Hall–Kier alpha value is -1.66. The van der Waals surface area contributed by atoms with Gasteiger partial charge in [-0.15, -0.1) is 0 Å². The van der Waals surface area contributed by atoms with Gasteiger partial charge < -0.3 is 10.1 Å². The van der Waals surface area contributed by atoms with Crippen molar-refractivity contribution in [1.29, 1.82) is 5.26 Å². The van der Waals surface area contributed by atoms with Gasteiger partial charge in [-0.3, -0.25) is 10.1 Å². The first kappa shape index (κ1) is 15.7. The summed E-state index contributed by atoms with van der Waals surface area (Å²) >= 11 is 1.93. The van der Waals surface area contributed by atoms with Gasteiger partial charge in [-0.25, -0.2) is 0 Å². The molecule has 6 nitrogen and oxygen atoms in total. The van der Waals surface area contributed by atoms with E-state index in [1.54, 1.807) is 6.07 Å². The van der Waals surface area contributed by atoms with Crippen molar-refractivity contribution in [1.82, 2.24) is 5.32 Å². The van der Waals surface area contributed by atoms with Gasteiger partial charge in [-0.1, -0.05) is 6.58 Å². The van der Waals surface area contributed by atoms with Crippen LogP contribution >= 0.6 is 22.6 Å². The molecule has 1 N–H and O–H groups in total. The van der Waals surface area contributed by atoms with E-state index >= 15 is 0 Å². The first-order valence-corrected chi connectivity index (χ1v) is 7.50. The van der Waals surface area contributed by atoms with E-state index in [0.29, 0.717) is 16.2 Å². The number of nitro groups is 1. The first-order chi connectivity index (χ1) is 10.0. The largest absolute Gasteiger partial charge is 0.482 e. The maximum atomic E-state index is 11.1. The summed E-state index contributed by atoms with van der Waals surface area (Å²) in [5.41, 5.74) is 0.880. The number of nitriles is 1. The van der Waals surface area contributed by atoms with E-state index in [1.807, 2.05) is 28.7 Å². The van der Waals surface area contributed by atoms with Crippen molar-refractivity contribution in [2.45, 2.75) is 18.9 Å². The topological polar surface area (TPSA) is 88.2 Å². The molecule has 0 heterocycles. The molecule has 0 radical (unpaired) electrons. The Kier molecular flexibility index (Phi) is 5.14. The highest BCUT2D eigenvalue weighted by Crippen LogP contribution is 2.33. The third-order valence-corrected chi connectivity index (χ3v) is 3.79. The number of ether oxygens (including phenoxy) is 1. The number of nitro benzene ring substituents is 1. The smallest absolute Gasteiger partial charge is 0.313 e. The summed E-state index contributed by atoms with van der Waals surface area (Å²) in [5, 5.41) is 23.3. The zero-order valence-corrected chi connectivity index (χ0v) is 13.4. The second kappa shape index (κ2) is 6.87. The zero-order valence-electron chi connectivity index (χ0n) is 11.3. The molecular weight excluding hydrogens is 385 g/mol. The van der Waals surface area contributed by atoms with E-state index < -0.39 is 4.92 Å². The standard InChI is InChI=1S/C14H14IN3O3/c1-9(7-17-11-2-3-11)8-21-14-12(15)4-10(6-16)5-13(14)18(19)20/h4-5,11,17H,1-3,7-8H2. The average Bonchev–Trinajstić information content (AvgIpc) is 3.26. The molecule has 0 atom stereocenters. The zero-order chi connectivity index (χ0) is 15.4. The lowest BCUT2D eigenvalue weighted by Gasteiger charge is -2.11. The Morgan fingerprint density at radius 3 is 2.90 bits per heavy atom. The quantitative estimate of drug-likeness (QED) is 0.330. The molecule has 1 aromatic rings. The second-order valence-electron chi connectivity index (χ2n) is 4.87. The minimum atomic E-state index is -0.538. The fourth-order valence-corrected chi connectivity index (χ4v) is 2.49. The van der Waals surface area contributed by atoms with Crippen molar-refractivity contribution >= 4 is 28.3 Å². The van der Waals surface area contributed by atoms with Crippen LogP contribution in [0.4, 0.5) is 5.69 Å². The van der Waals surface area contributed by atoms with E-state index in [4.69, 9.17) is 10.00 Å². The Morgan fingerprint density at radius 1 is 1.62 bits per heavy atom. The lowest BCUT2D eigenvalue weighted by molar-refractivity contribution is -0.385. The van der Waals surface area contributed by atoms with Gasteiger partial charge in [0.05, 0.1) is 20.1 Å². The summed E-state index contributed by atoms with van der Waals surface area (Å²) in [4.78, 5) is 10.5. The number of benzene rings is 1.